The average Bonchev–Trinajstić information content (AvgIpc) is 1.82. The zero-order chi connectivity index (χ0) is 7.72. The van der Waals surface area contributed by atoms with Gasteiger partial charge in [-0.2, -0.15) is 0 Å². The molecule has 0 spiro atoms. The summed E-state index contributed by atoms with van der Waals surface area (Å²) in [5.74, 6) is 0.366. The largest absolute Gasteiger partial charge is 0.507 e. The van der Waals surface area contributed by atoms with Crippen LogP contribution in [0.3, 0.4) is 0 Å². The van der Waals surface area contributed by atoms with Crippen molar-refractivity contribution in [1.29, 1.82) is 0 Å². The molecule has 0 aliphatic carbocycles. The monoisotopic (exact) mass is 135 g/mol. The van der Waals surface area contributed by atoms with Crippen LogP contribution < -0.4 is 0 Å². The Bertz CT molecular complexity index is 228. The predicted octanol–water partition coefficient (Wildman–Crippen LogP) is 2.12. The summed E-state index contributed by atoms with van der Waals surface area (Å²) in [6, 6.07) is 4.95. The van der Waals surface area contributed by atoms with Crippen molar-refractivity contribution in [3.05, 3.63) is 28.8 Å². The Morgan fingerprint density at radius 3 is 2.40 bits per heavy atom. The third kappa shape index (κ3) is 1.13. The highest BCUT2D eigenvalue weighted by Gasteiger charge is 1.99. The van der Waals surface area contributed by atoms with E-state index in [9.17, 15) is 5.11 Å². The Hall–Kier alpha value is -0.980. The van der Waals surface area contributed by atoms with Gasteiger partial charge in [-0.05, 0) is 43.5 Å². The van der Waals surface area contributed by atoms with Gasteiger partial charge in [0.05, 0.1) is 0 Å². The van der Waals surface area contributed by atoms with Crippen molar-refractivity contribution in [3.63, 3.8) is 0 Å². The van der Waals surface area contributed by atoms with E-state index in [4.69, 9.17) is 0 Å². The van der Waals surface area contributed by atoms with Crippen LogP contribution >= 0.6 is 0 Å². The summed E-state index contributed by atoms with van der Waals surface area (Å²) in [4.78, 5) is 0. The summed E-state index contributed by atoms with van der Waals surface area (Å²) < 4.78 is 0. The van der Waals surface area contributed by atoms with Gasteiger partial charge in [0, 0.05) is 0 Å². The molecule has 0 bridgehead atoms. The van der Waals surface area contributed by atoms with E-state index in [-0.39, 0.29) is 0 Å². The zero-order valence-corrected chi connectivity index (χ0v) is 6.52. The lowest BCUT2D eigenvalue weighted by molar-refractivity contribution is 0.466. The first-order chi connectivity index (χ1) is 4.61. The second-order valence-corrected chi connectivity index (χ2v) is 2.61. The summed E-state index contributed by atoms with van der Waals surface area (Å²) in [6.45, 7) is 5.72. The Labute approximate surface area is 61.3 Å². The molecule has 1 nitrogen and oxygen atoms in total. The molecule has 1 aromatic rings. The third-order valence-corrected chi connectivity index (χ3v) is 1.55. The van der Waals surface area contributed by atoms with Crippen LogP contribution in [0.15, 0.2) is 6.07 Å². The summed E-state index contributed by atoms with van der Waals surface area (Å²) in [7, 11) is 0. The lowest BCUT2D eigenvalue weighted by Crippen LogP contribution is -1.82. The van der Waals surface area contributed by atoms with Crippen LogP contribution in [0, 0.1) is 26.8 Å². The minimum Gasteiger partial charge on any atom is -0.507 e. The van der Waals surface area contributed by atoms with Crippen LogP contribution in [-0.4, -0.2) is 5.11 Å². The van der Waals surface area contributed by atoms with Crippen molar-refractivity contribution in [2.24, 2.45) is 0 Å². The van der Waals surface area contributed by atoms with Gasteiger partial charge in [-0.25, -0.2) is 0 Å². The van der Waals surface area contributed by atoms with Gasteiger partial charge in [0.25, 0.3) is 0 Å². The van der Waals surface area contributed by atoms with E-state index in [1.54, 1.807) is 0 Å². The quantitative estimate of drug-likeness (QED) is 0.577. The molecule has 10 heavy (non-hydrogen) atoms. The fourth-order valence-electron chi connectivity index (χ4n) is 1.08. The van der Waals surface area contributed by atoms with Crippen molar-refractivity contribution < 1.29 is 5.11 Å². The Kier molecular flexibility index (Phi) is 1.66. The summed E-state index contributed by atoms with van der Waals surface area (Å²) in [5.41, 5.74) is 2.83. The summed E-state index contributed by atoms with van der Waals surface area (Å²) in [6.07, 6.45) is 0. The van der Waals surface area contributed by atoms with Crippen LogP contribution in [0.1, 0.15) is 16.7 Å². The van der Waals surface area contributed by atoms with Crippen LogP contribution in [0.25, 0.3) is 0 Å². The molecular formula is C9H11O. The first kappa shape index (κ1) is 7.13. The van der Waals surface area contributed by atoms with Gasteiger partial charge in [-0.3, -0.25) is 0 Å². The van der Waals surface area contributed by atoms with Gasteiger partial charge in [0.1, 0.15) is 5.75 Å². The molecule has 0 aromatic heterocycles. The minimum atomic E-state index is 0.366. The topological polar surface area (TPSA) is 20.2 Å². The van der Waals surface area contributed by atoms with Crippen molar-refractivity contribution >= 4 is 0 Å². The number of phenols is 1. The van der Waals surface area contributed by atoms with E-state index in [0.717, 1.165) is 16.7 Å². The number of rotatable bonds is 0. The van der Waals surface area contributed by atoms with Gasteiger partial charge >= 0.3 is 0 Å². The second-order valence-electron chi connectivity index (χ2n) is 2.61. The molecule has 1 heteroatoms. The van der Waals surface area contributed by atoms with Crippen LogP contribution in [0.4, 0.5) is 0 Å². The fraction of sp³-hybridized carbons (Fsp3) is 0.333. The van der Waals surface area contributed by atoms with E-state index in [0.29, 0.717) is 5.75 Å². The van der Waals surface area contributed by atoms with Gasteiger partial charge in [-0.15, -0.1) is 0 Å². The van der Waals surface area contributed by atoms with Crippen molar-refractivity contribution in [3.8, 4) is 5.75 Å². The van der Waals surface area contributed by atoms with Crippen molar-refractivity contribution in [2.75, 3.05) is 0 Å². The molecule has 53 valence electrons. The molecule has 0 saturated carbocycles. The Morgan fingerprint density at radius 2 is 1.90 bits per heavy atom. The maximum atomic E-state index is 9.30. The molecule has 0 atom stereocenters. The molecule has 0 fully saturated rings. The fourth-order valence-corrected chi connectivity index (χ4v) is 1.08. The van der Waals surface area contributed by atoms with E-state index in [1.807, 2.05) is 26.8 Å². The zero-order valence-electron chi connectivity index (χ0n) is 6.52. The molecule has 0 saturated heterocycles. The molecule has 1 radical (unpaired) electrons. The van der Waals surface area contributed by atoms with Gasteiger partial charge in [0.15, 0.2) is 0 Å². The normalized spacial score (nSPS) is 9.90. The molecule has 0 unspecified atom stereocenters. The Morgan fingerprint density at radius 1 is 1.30 bits per heavy atom. The SMILES string of the molecule is Cc1[c]c(C)c(O)c(C)c1. The maximum Gasteiger partial charge on any atom is 0.122 e. The number of phenolic OH excluding ortho intramolecular Hbond substituents is 1. The highest BCUT2D eigenvalue weighted by atomic mass is 16.3. The van der Waals surface area contributed by atoms with E-state index < -0.39 is 0 Å². The standard InChI is InChI=1S/C9H11O/c1-6-4-7(2)9(10)8(3)5-6/h4,10H,1-3H3. The first-order valence-corrected chi connectivity index (χ1v) is 3.30. The summed E-state index contributed by atoms with van der Waals surface area (Å²) >= 11 is 0. The molecule has 0 aliphatic heterocycles. The molecule has 1 rings (SSSR count). The molecule has 1 aromatic carbocycles. The second kappa shape index (κ2) is 2.33. The third-order valence-electron chi connectivity index (χ3n) is 1.55. The van der Waals surface area contributed by atoms with Crippen LogP contribution in [0.5, 0.6) is 5.75 Å². The van der Waals surface area contributed by atoms with E-state index in [1.165, 1.54) is 0 Å². The minimum absolute atomic E-state index is 0.366. The lowest BCUT2D eigenvalue weighted by atomic mass is 10.1. The molecule has 0 aliphatic rings. The highest BCUT2D eigenvalue weighted by Crippen LogP contribution is 2.21. The molecular weight excluding hydrogens is 124 g/mol. The highest BCUT2D eigenvalue weighted by molar-refractivity contribution is 5.40. The number of hydrogen-bond donors (Lipinski definition) is 1. The number of aromatic hydroxyl groups is 1. The summed E-state index contributed by atoms with van der Waals surface area (Å²) in [5, 5.41) is 9.30. The molecule has 0 amide bonds. The van der Waals surface area contributed by atoms with E-state index in [2.05, 4.69) is 6.07 Å². The van der Waals surface area contributed by atoms with Gasteiger partial charge in [0.2, 0.25) is 0 Å². The van der Waals surface area contributed by atoms with Crippen molar-refractivity contribution in [1.82, 2.24) is 0 Å². The first-order valence-electron chi connectivity index (χ1n) is 3.30. The lowest BCUT2D eigenvalue weighted by Gasteiger charge is -2.02. The maximum absolute atomic E-state index is 9.30. The molecule has 1 N–H and O–H groups in total. The van der Waals surface area contributed by atoms with Gasteiger partial charge < -0.3 is 5.11 Å². The molecule has 0 heterocycles. The van der Waals surface area contributed by atoms with Crippen molar-refractivity contribution in [2.45, 2.75) is 20.8 Å². The number of hydrogen-bond acceptors (Lipinski definition) is 1. The number of benzene rings is 1. The number of aryl methyl sites for hydroxylation is 3. The van der Waals surface area contributed by atoms with E-state index >= 15 is 0 Å². The predicted molar refractivity (Wildman–Crippen MR) is 41.2 cm³/mol. The Balaban J connectivity index is 3.31. The van der Waals surface area contributed by atoms with Crippen LogP contribution in [0.2, 0.25) is 0 Å². The average molecular weight is 135 g/mol. The van der Waals surface area contributed by atoms with Crippen LogP contribution in [-0.2, 0) is 0 Å². The smallest absolute Gasteiger partial charge is 0.122 e. The van der Waals surface area contributed by atoms with Gasteiger partial charge in [-0.1, -0.05) is 6.07 Å².